The van der Waals surface area contributed by atoms with E-state index >= 15 is 0 Å². The van der Waals surface area contributed by atoms with Crippen molar-refractivity contribution < 1.29 is 17.9 Å². The Bertz CT molecular complexity index is 1050. The lowest BCUT2D eigenvalue weighted by Crippen LogP contribution is -2.40. The average Bonchev–Trinajstić information content (AvgIpc) is 3.22. The molecular weight excluding hydrogens is 412 g/mol. The zero-order valence-corrected chi connectivity index (χ0v) is 19.7. The summed E-state index contributed by atoms with van der Waals surface area (Å²) in [4.78, 5) is 12.9. The summed E-state index contributed by atoms with van der Waals surface area (Å²) in [5, 5.41) is 2.95. The Morgan fingerprint density at radius 3 is 2.55 bits per heavy atom. The summed E-state index contributed by atoms with van der Waals surface area (Å²) in [5.41, 5.74) is 2.17. The van der Waals surface area contributed by atoms with E-state index in [2.05, 4.69) is 10.0 Å². The molecule has 6 nitrogen and oxygen atoms in total. The first-order valence-corrected chi connectivity index (χ1v) is 12.1. The lowest BCUT2D eigenvalue weighted by Gasteiger charge is -2.21. The number of hydrogen-bond donors (Lipinski definition) is 2. The van der Waals surface area contributed by atoms with Gasteiger partial charge < -0.3 is 10.1 Å². The van der Waals surface area contributed by atoms with E-state index in [4.69, 9.17) is 4.74 Å². The molecule has 0 aromatic heterocycles. The van der Waals surface area contributed by atoms with E-state index in [0.29, 0.717) is 16.8 Å². The minimum atomic E-state index is -3.81. The number of aryl methyl sites for hydroxylation is 1. The first-order chi connectivity index (χ1) is 14.5. The number of anilines is 1. The van der Waals surface area contributed by atoms with Crippen molar-refractivity contribution in [2.75, 3.05) is 11.3 Å². The van der Waals surface area contributed by atoms with Crippen LogP contribution in [0, 0.1) is 6.92 Å². The minimum Gasteiger partial charge on any atom is -0.376 e. The van der Waals surface area contributed by atoms with Crippen molar-refractivity contribution in [3.8, 4) is 0 Å². The quantitative estimate of drug-likeness (QED) is 0.692. The van der Waals surface area contributed by atoms with Crippen LogP contribution in [0.25, 0.3) is 0 Å². The molecule has 0 bridgehead atoms. The van der Waals surface area contributed by atoms with Gasteiger partial charge in [0.1, 0.15) is 0 Å². The van der Waals surface area contributed by atoms with Crippen molar-refractivity contribution in [1.82, 2.24) is 5.32 Å². The van der Waals surface area contributed by atoms with E-state index in [9.17, 15) is 13.2 Å². The Labute approximate surface area is 185 Å². The van der Waals surface area contributed by atoms with Gasteiger partial charge in [-0.05, 0) is 67.5 Å². The first-order valence-electron chi connectivity index (χ1n) is 10.6. The molecule has 0 aliphatic carbocycles. The second-order valence-electron chi connectivity index (χ2n) is 9.23. The Kier molecular flexibility index (Phi) is 6.76. The van der Waals surface area contributed by atoms with E-state index in [1.807, 2.05) is 39.8 Å². The number of nitrogens with one attached hydrogen (secondary N) is 2. The molecule has 0 spiro atoms. The van der Waals surface area contributed by atoms with Crippen LogP contribution in [-0.2, 0) is 20.2 Å². The van der Waals surface area contributed by atoms with Crippen LogP contribution >= 0.6 is 0 Å². The summed E-state index contributed by atoms with van der Waals surface area (Å²) >= 11 is 0. The summed E-state index contributed by atoms with van der Waals surface area (Å²) < 4.78 is 34.5. The Morgan fingerprint density at radius 1 is 1.16 bits per heavy atom. The van der Waals surface area contributed by atoms with Crippen LogP contribution in [0.1, 0.15) is 62.0 Å². The van der Waals surface area contributed by atoms with E-state index in [-0.39, 0.29) is 28.4 Å². The molecule has 3 rings (SSSR count). The van der Waals surface area contributed by atoms with Gasteiger partial charge in [-0.15, -0.1) is 0 Å². The maximum atomic E-state index is 13.1. The van der Waals surface area contributed by atoms with E-state index in [0.717, 1.165) is 25.0 Å². The predicted molar refractivity (Wildman–Crippen MR) is 123 cm³/mol. The van der Waals surface area contributed by atoms with E-state index < -0.39 is 10.0 Å². The number of carbonyl (C=O) groups excluding carboxylic acids is 1. The molecule has 31 heavy (non-hydrogen) atoms. The van der Waals surface area contributed by atoms with Crippen molar-refractivity contribution in [1.29, 1.82) is 0 Å². The third-order valence-electron chi connectivity index (χ3n) is 5.60. The fourth-order valence-electron chi connectivity index (χ4n) is 3.67. The molecule has 2 aromatic carbocycles. The van der Waals surface area contributed by atoms with Crippen LogP contribution in [0.2, 0.25) is 0 Å². The summed E-state index contributed by atoms with van der Waals surface area (Å²) in [6.07, 6.45) is 1.94. The third kappa shape index (κ3) is 5.66. The lowest BCUT2D eigenvalue weighted by molar-refractivity contribution is 0.0712. The number of benzene rings is 2. The molecule has 1 fully saturated rings. The fourth-order valence-corrected chi connectivity index (χ4v) is 4.99. The molecule has 2 atom stereocenters. The molecule has 2 N–H and O–H groups in total. The fraction of sp³-hybridized carbons (Fsp3) is 0.458. The van der Waals surface area contributed by atoms with Gasteiger partial charge in [0.25, 0.3) is 15.9 Å². The third-order valence-corrected chi connectivity index (χ3v) is 7.13. The number of ether oxygens (including phenoxy) is 1. The largest absolute Gasteiger partial charge is 0.376 e. The molecule has 168 valence electrons. The van der Waals surface area contributed by atoms with Gasteiger partial charge >= 0.3 is 0 Å². The molecule has 7 heteroatoms. The molecule has 1 aliphatic rings. The molecular formula is C24H32N2O4S. The number of rotatable bonds is 6. The van der Waals surface area contributed by atoms with Crippen molar-refractivity contribution in [2.45, 2.75) is 69.9 Å². The van der Waals surface area contributed by atoms with Crippen LogP contribution in [0.4, 0.5) is 5.69 Å². The van der Waals surface area contributed by atoms with Crippen LogP contribution in [-0.4, -0.2) is 33.1 Å². The summed E-state index contributed by atoms with van der Waals surface area (Å²) in [7, 11) is -3.81. The molecule has 2 unspecified atom stereocenters. The van der Waals surface area contributed by atoms with Crippen LogP contribution in [0.15, 0.2) is 47.4 Å². The predicted octanol–water partition coefficient (Wildman–Crippen LogP) is 4.39. The van der Waals surface area contributed by atoms with Crippen molar-refractivity contribution in [3.05, 3.63) is 59.2 Å². The highest BCUT2D eigenvalue weighted by Crippen LogP contribution is 2.28. The van der Waals surface area contributed by atoms with E-state index in [1.165, 1.54) is 0 Å². The highest BCUT2D eigenvalue weighted by atomic mass is 32.2. The van der Waals surface area contributed by atoms with Crippen molar-refractivity contribution in [3.63, 3.8) is 0 Å². The number of hydrogen-bond acceptors (Lipinski definition) is 4. The smallest absolute Gasteiger partial charge is 0.262 e. The summed E-state index contributed by atoms with van der Waals surface area (Å²) in [6, 6.07) is 11.9. The molecule has 1 saturated heterocycles. The van der Waals surface area contributed by atoms with Gasteiger partial charge in [-0.2, -0.15) is 0 Å². The standard InChI is InChI=1S/C24H32N2O4S/c1-16-11-12-19(24(3,4)5)15-22(16)31(28,29)26-20-9-6-8-18(14-20)23(27)25-17(2)21-10-7-13-30-21/h6,8-9,11-12,14-15,17,21,26H,7,10,13H2,1-5H3,(H,25,27). The maximum absolute atomic E-state index is 13.1. The molecule has 2 aromatic rings. The molecule has 0 saturated carbocycles. The number of sulfonamides is 1. The minimum absolute atomic E-state index is 0.0173. The van der Waals surface area contributed by atoms with Gasteiger partial charge in [0.2, 0.25) is 0 Å². The maximum Gasteiger partial charge on any atom is 0.262 e. The van der Waals surface area contributed by atoms with Gasteiger partial charge in [-0.3, -0.25) is 9.52 Å². The SMILES string of the molecule is Cc1ccc(C(C)(C)C)cc1S(=O)(=O)Nc1cccc(C(=O)NC(C)C2CCCO2)c1. The second kappa shape index (κ2) is 9.01. The monoisotopic (exact) mass is 444 g/mol. The van der Waals surface area contributed by atoms with Crippen LogP contribution < -0.4 is 10.0 Å². The first kappa shape index (κ1) is 23.3. The number of amides is 1. The molecule has 0 radical (unpaired) electrons. The Hall–Kier alpha value is -2.38. The topological polar surface area (TPSA) is 84.5 Å². The van der Waals surface area contributed by atoms with Crippen LogP contribution in [0.3, 0.4) is 0 Å². The highest BCUT2D eigenvalue weighted by Gasteiger charge is 2.25. The normalized spacial score (nSPS) is 17.9. The van der Waals surface area contributed by atoms with Gasteiger partial charge in [-0.25, -0.2) is 8.42 Å². The van der Waals surface area contributed by atoms with Crippen molar-refractivity contribution in [2.24, 2.45) is 0 Å². The Morgan fingerprint density at radius 2 is 1.90 bits per heavy atom. The highest BCUT2D eigenvalue weighted by molar-refractivity contribution is 7.92. The number of carbonyl (C=O) groups is 1. The van der Waals surface area contributed by atoms with Gasteiger partial charge in [0.15, 0.2) is 0 Å². The van der Waals surface area contributed by atoms with Gasteiger partial charge in [0, 0.05) is 17.9 Å². The molecule has 1 amide bonds. The zero-order valence-electron chi connectivity index (χ0n) is 18.9. The second-order valence-corrected chi connectivity index (χ2v) is 10.9. The Balaban J connectivity index is 1.79. The zero-order chi connectivity index (χ0) is 22.8. The van der Waals surface area contributed by atoms with Crippen LogP contribution in [0.5, 0.6) is 0 Å². The lowest BCUT2D eigenvalue weighted by atomic mass is 9.87. The summed E-state index contributed by atoms with van der Waals surface area (Å²) in [5.74, 6) is -0.255. The van der Waals surface area contributed by atoms with Gasteiger partial charge in [0.05, 0.1) is 17.0 Å². The van der Waals surface area contributed by atoms with Gasteiger partial charge in [-0.1, -0.05) is 39.0 Å². The molecule has 1 heterocycles. The van der Waals surface area contributed by atoms with Crippen molar-refractivity contribution >= 4 is 21.6 Å². The molecule has 1 aliphatic heterocycles. The summed E-state index contributed by atoms with van der Waals surface area (Å²) in [6.45, 7) is 10.5. The van der Waals surface area contributed by atoms with E-state index in [1.54, 1.807) is 37.3 Å². The average molecular weight is 445 g/mol.